The van der Waals surface area contributed by atoms with Crippen LogP contribution in [0.3, 0.4) is 0 Å². The Kier molecular flexibility index (Phi) is 3.86. The van der Waals surface area contributed by atoms with E-state index < -0.39 is 0 Å². The zero-order valence-corrected chi connectivity index (χ0v) is 9.46. The van der Waals surface area contributed by atoms with Crippen LogP contribution < -0.4 is 5.32 Å². The number of nitrogens with zero attached hydrogens (tertiary/aromatic N) is 1. The maximum Gasteiger partial charge on any atom is 0.133 e. The highest BCUT2D eigenvalue weighted by atomic mass is 32.2. The fraction of sp³-hybridized carbons (Fsp3) is 0.545. The standard InChI is InChI=1S/C11H16N2OS/c14-10-4-3-9(13-7-10)6-12-8-11-2-1-5-15-11/h3-4,7,11-12,14H,1-2,5-6,8H2. The minimum atomic E-state index is 0.227. The number of rotatable bonds is 4. The molecule has 3 nitrogen and oxygen atoms in total. The molecule has 2 N–H and O–H groups in total. The Morgan fingerprint density at radius 1 is 1.53 bits per heavy atom. The van der Waals surface area contributed by atoms with Crippen LogP contribution in [0.4, 0.5) is 0 Å². The molecule has 1 unspecified atom stereocenters. The first-order chi connectivity index (χ1) is 7.34. The Morgan fingerprint density at radius 3 is 3.13 bits per heavy atom. The van der Waals surface area contributed by atoms with E-state index in [1.54, 1.807) is 6.07 Å². The van der Waals surface area contributed by atoms with Crippen molar-refractivity contribution >= 4 is 11.8 Å². The van der Waals surface area contributed by atoms with Gasteiger partial charge >= 0.3 is 0 Å². The third kappa shape index (κ3) is 3.39. The molecule has 4 heteroatoms. The average molecular weight is 224 g/mol. The second kappa shape index (κ2) is 5.37. The molecule has 0 radical (unpaired) electrons. The minimum Gasteiger partial charge on any atom is -0.506 e. The molecule has 0 amide bonds. The van der Waals surface area contributed by atoms with E-state index in [1.807, 2.05) is 6.07 Å². The molecule has 0 saturated carbocycles. The summed E-state index contributed by atoms with van der Waals surface area (Å²) in [6.45, 7) is 1.85. The summed E-state index contributed by atoms with van der Waals surface area (Å²) in [5.74, 6) is 1.54. The maximum atomic E-state index is 9.07. The summed E-state index contributed by atoms with van der Waals surface area (Å²) in [7, 11) is 0. The molecule has 2 rings (SSSR count). The molecule has 0 bridgehead atoms. The van der Waals surface area contributed by atoms with Crippen molar-refractivity contribution in [2.45, 2.75) is 24.6 Å². The molecule has 15 heavy (non-hydrogen) atoms. The highest BCUT2D eigenvalue weighted by Gasteiger charge is 2.14. The first-order valence-corrected chi connectivity index (χ1v) is 6.36. The number of pyridine rings is 1. The fourth-order valence-corrected chi connectivity index (χ4v) is 2.92. The normalized spacial score (nSPS) is 20.7. The summed E-state index contributed by atoms with van der Waals surface area (Å²) in [5.41, 5.74) is 0.982. The molecular formula is C11H16N2OS. The highest BCUT2D eigenvalue weighted by molar-refractivity contribution is 8.00. The molecular weight excluding hydrogens is 208 g/mol. The average Bonchev–Trinajstić information content (AvgIpc) is 2.74. The van der Waals surface area contributed by atoms with E-state index in [0.29, 0.717) is 0 Å². The van der Waals surface area contributed by atoms with Gasteiger partial charge in [0.2, 0.25) is 0 Å². The summed E-state index contributed by atoms with van der Waals surface area (Å²) in [5, 5.41) is 13.2. The van der Waals surface area contributed by atoms with Crippen molar-refractivity contribution in [3.63, 3.8) is 0 Å². The van der Waals surface area contributed by atoms with Gasteiger partial charge in [-0.25, -0.2) is 0 Å². The molecule has 82 valence electrons. The summed E-state index contributed by atoms with van der Waals surface area (Å²) in [4.78, 5) is 4.12. The SMILES string of the molecule is Oc1ccc(CNCC2CCCS2)nc1. The number of thioether (sulfide) groups is 1. The third-order valence-corrected chi connectivity index (χ3v) is 3.91. The van der Waals surface area contributed by atoms with E-state index in [9.17, 15) is 0 Å². The maximum absolute atomic E-state index is 9.07. The number of hydrogen-bond acceptors (Lipinski definition) is 4. The van der Waals surface area contributed by atoms with E-state index in [4.69, 9.17) is 5.11 Å². The van der Waals surface area contributed by atoms with Gasteiger partial charge in [0.15, 0.2) is 0 Å². The van der Waals surface area contributed by atoms with Gasteiger partial charge in [-0.15, -0.1) is 0 Å². The summed E-state index contributed by atoms with van der Waals surface area (Å²) in [6, 6.07) is 3.53. The molecule has 1 atom stereocenters. The van der Waals surface area contributed by atoms with Crippen molar-refractivity contribution in [3.05, 3.63) is 24.0 Å². The first kappa shape index (κ1) is 10.8. The Labute approximate surface area is 94.3 Å². The monoisotopic (exact) mass is 224 g/mol. The smallest absolute Gasteiger partial charge is 0.133 e. The van der Waals surface area contributed by atoms with Crippen LogP contribution in [0.25, 0.3) is 0 Å². The van der Waals surface area contributed by atoms with Gasteiger partial charge in [0, 0.05) is 18.3 Å². The number of nitrogens with one attached hydrogen (secondary N) is 1. The van der Waals surface area contributed by atoms with Gasteiger partial charge < -0.3 is 10.4 Å². The fourth-order valence-electron chi connectivity index (χ4n) is 1.69. The van der Waals surface area contributed by atoms with E-state index in [-0.39, 0.29) is 5.75 Å². The predicted octanol–water partition coefficient (Wildman–Crippen LogP) is 1.77. The van der Waals surface area contributed by atoms with Gasteiger partial charge in [0.05, 0.1) is 11.9 Å². The molecule has 0 spiro atoms. The lowest BCUT2D eigenvalue weighted by Crippen LogP contribution is -2.23. The lowest BCUT2D eigenvalue weighted by atomic mass is 10.2. The van der Waals surface area contributed by atoms with E-state index >= 15 is 0 Å². The molecule has 1 aliphatic heterocycles. The van der Waals surface area contributed by atoms with Crippen LogP contribution in [0.2, 0.25) is 0 Å². The second-order valence-electron chi connectivity index (χ2n) is 3.77. The quantitative estimate of drug-likeness (QED) is 0.818. The van der Waals surface area contributed by atoms with Crippen LogP contribution in [-0.2, 0) is 6.54 Å². The molecule has 2 heterocycles. The molecule has 1 saturated heterocycles. The van der Waals surface area contributed by atoms with Crippen LogP contribution in [0, 0.1) is 0 Å². The molecule has 1 fully saturated rings. The lowest BCUT2D eigenvalue weighted by molar-refractivity contribution is 0.471. The van der Waals surface area contributed by atoms with Gasteiger partial charge in [-0.2, -0.15) is 11.8 Å². The Bertz CT molecular complexity index is 296. The van der Waals surface area contributed by atoms with Crippen LogP contribution in [-0.4, -0.2) is 27.6 Å². The predicted molar refractivity (Wildman–Crippen MR) is 63.1 cm³/mol. The summed E-state index contributed by atoms with van der Waals surface area (Å²) >= 11 is 2.06. The van der Waals surface area contributed by atoms with E-state index in [0.717, 1.165) is 24.0 Å². The number of aromatic hydroxyl groups is 1. The van der Waals surface area contributed by atoms with Crippen molar-refractivity contribution in [2.24, 2.45) is 0 Å². The van der Waals surface area contributed by atoms with Crippen molar-refractivity contribution in [1.82, 2.24) is 10.3 Å². The summed E-state index contributed by atoms with van der Waals surface area (Å²) < 4.78 is 0. The lowest BCUT2D eigenvalue weighted by Gasteiger charge is -2.09. The number of aromatic nitrogens is 1. The Hall–Kier alpha value is -0.740. The van der Waals surface area contributed by atoms with Gasteiger partial charge in [0.25, 0.3) is 0 Å². The molecule has 1 aromatic heterocycles. The minimum absolute atomic E-state index is 0.227. The zero-order valence-electron chi connectivity index (χ0n) is 8.65. The van der Waals surface area contributed by atoms with Crippen molar-refractivity contribution in [3.8, 4) is 5.75 Å². The van der Waals surface area contributed by atoms with Crippen LogP contribution in [0.15, 0.2) is 18.3 Å². The van der Waals surface area contributed by atoms with E-state index in [2.05, 4.69) is 22.1 Å². The first-order valence-electron chi connectivity index (χ1n) is 5.31. The molecule has 0 aliphatic carbocycles. The van der Waals surface area contributed by atoms with Gasteiger partial charge in [-0.1, -0.05) is 0 Å². The highest BCUT2D eigenvalue weighted by Crippen LogP contribution is 2.25. The summed E-state index contributed by atoms with van der Waals surface area (Å²) in [6.07, 6.45) is 4.18. The molecule has 1 aliphatic rings. The topological polar surface area (TPSA) is 45.1 Å². The second-order valence-corrected chi connectivity index (χ2v) is 5.18. The Morgan fingerprint density at radius 2 is 2.47 bits per heavy atom. The zero-order chi connectivity index (χ0) is 10.5. The van der Waals surface area contributed by atoms with Crippen molar-refractivity contribution in [1.29, 1.82) is 0 Å². The van der Waals surface area contributed by atoms with Crippen molar-refractivity contribution in [2.75, 3.05) is 12.3 Å². The van der Waals surface area contributed by atoms with Gasteiger partial charge in [0.1, 0.15) is 5.75 Å². The van der Waals surface area contributed by atoms with Crippen LogP contribution >= 0.6 is 11.8 Å². The van der Waals surface area contributed by atoms with Gasteiger partial charge in [-0.3, -0.25) is 4.98 Å². The largest absolute Gasteiger partial charge is 0.506 e. The van der Waals surface area contributed by atoms with Gasteiger partial charge in [-0.05, 0) is 30.7 Å². The molecule has 1 aromatic rings. The molecule has 0 aromatic carbocycles. The Balaban J connectivity index is 1.71. The van der Waals surface area contributed by atoms with Crippen LogP contribution in [0.1, 0.15) is 18.5 Å². The number of hydrogen-bond donors (Lipinski definition) is 2. The van der Waals surface area contributed by atoms with Crippen LogP contribution in [0.5, 0.6) is 5.75 Å². The third-order valence-electron chi connectivity index (χ3n) is 2.51. The van der Waals surface area contributed by atoms with Crippen molar-refractivity contribution < 1.29 is 5.11 Å². The van der Waals surface area contributed by atoms with E-state index in [1.165, 1.54) is 24.8 Å².